The van der Waals surface area contributed by atoms with E-state index in [0.717, 1.165) is 6.07 Å². The molecule has 1 N–H and O–H groups in total. The number of hydrogen-bond donors (Lipinski definition) is 1. The lowest BCUT2D eigenvalue weighted by atomic mass is 10.0. The van der Waals surface area contributed by atoms with E-state index in [2.05, 4.69) is 20.9 Å². The van der Waals surface area contributed by atoms with Crippen molar-refractivity contribution in [2.24, 2.45) is 0 Å². The number of aromatic hydroxyl groups is 1. The molecule has 0 aliphatic heterocycles. The minimum atomic E-state index is -4.66. The zero-order chi connectivity index (χ0) is 16.5. The number of aromatic nitrogens is 1. The molecule has 1 heterocycles. The Morgan fingerprint density at radius 3 is 2.50 bits per heavy atom. The van der Waals surface area contributed by atoms with E-state index in [1.54, 1.807) is 0 Å². The van der Waals surface area contributed by atoms with Crippen molar-refractivity contribution in [1.82, 2.24) is 4.98 Å². The largest absolute Gasteiger partial charge is 0.506 e. The van der Waals surface area contributed by atoms with Crippen molar-refractivity contribution in [3.8, 4) is 28.8 Å². The van der Waals surface area contributed by atoms with E-state index in [1.165, 1.54) is 25.3 Å². The summed E-state index contributed by atoms with van der Waals surface area (Å²) in [5.74, 6) is -0.525. The number of ether oxygens (including phenoxy) is 1. The van der Waals surface area contributed by atoms with Crippen LogP contribution in [-0.2, 0) is 6.18 Å². The van der Waals surface area contributed by atoms with E-state index in [-0.39, 0.29) is 32.8 Å². The molecule has 0 unspecified atom stereocenters. The molecule has 0 bridgehead atoms. The minimum absolute atomic E-state index is 0.0366. The van der Waals surface area contributed by atoms with Crippen molar-refractivity contribution in [3.63, 3.8) is 0 Å². The fourth-order valence-corrected chi connectivity index (χ4v) is 2.25. The summed E-state index contributed by atoms with van der Waals surface area (Å²) in [7, 11) is 1.19. The van der Waals surface area contributed by atoms with E-state index < -0.39 is 11.9 Å². The van der Waals surface area contributed by atoms with Crippen LogP contribution in [0.4, 0.5) is 13.2 Å². The van der Waals surface area contributed by atoms with Crippen LogP contribution in [0.5, 0.6) is 11.6 Å². The summed E-state index contributed by atoms with van der Waals surface area (Å²) >= 11 is 3.06. The molecular formula is C14H8BrF3N2O2. The Morgan fingerprint density at radius 2 is 1.95 bits per heavy atom. The molecule has 22 heavy (non-hydrogen) atoms. The van der Waals surface area contributed by atoms with Gasteiger partial charge in [0.15, 0.2) is 0 Å². The van der Waals surface area contributed by atoms with Gasteiger partial charge < -0.3 is 9.84 Å². The number of rotatable bonds is 2. The van der Waals surface area contributed by atoms with Crippen molar-refractivity contribution in [2.45, 2.75) is 6.18 Å². The van der Waals surface area contributed by atoms with Gasteiger partial charge >= 0.3 is 6.18 Å². The molecule has 1 aromatic heterocycles. The van der Waals surface area contributed by atoms with Crippen LogP contribution < -0.4 is 4.74 Å². The van der Waals surface area contributed by atoms with Gasteiger partial charge in [-0.15, -0.1) is 0 Å². The van der Waals surface area contributed by atoms with E-state index in [4.69, 9.17) is 10.00 Å². The lowest BCUT2D eigenvalue weighted by molar-refractivity contribution is -0.141. The second-order valence-electron chi connectivity index (χ2n) is 4.25. The molecule has 2 aromatic rings. The van der Waals surface area contributed by atoms with Gasteiger partial charge in [-0.3, -0.25) is 0 Å². The number of hydrogen-bond acceptors (Lipinski definition) is 4. The molecule has 0 aliphatic carbocycles. The highest BCUT2D eigenvalue weighted by molar-refractivity contribution is 9.10. The molecule has 0 saturated carbocycles. The van der Waals surface area contributed by atoms with Crippen molar-refractivity contribution < 1.29 is 23.0 Å². The van der Waals surface area contributed by atoms with Crippen molar-refractivity contribution in [2.75, 3.05) is 7.11 Å². The standard InChI is InChI=1S/C14H8BrF3N2O2/c1-22-12-5-8(4-11(20-12)14(16,17)18)9-2-7(6-19)3-10(15)13(9)21/h2-5,21H,1H3. The number of pyridine rings is 1. The Morgan fingerprint density at radius 1 is 1.27 bits per heavy atom. The highest BCUT2D eigenvalue weighted by Crippen LogP contribution is 2.39. The topological polar surface area (TPSA) is 66.1 Å². The lowest BCUT2D eigenvalue weighted by Gasteiger charge is -2.12. The summed E-state index contributed by atoms with van der Waals surface area (Å²) in [4.78, 5) is 3.34. The predicted molar refractivity (Wildman–Crippen MR) is 75.3 cm³/mol. The van der Waals surface area contributed by atoms with Gasteiger partial charge in [0.2, 0.25) is 5.88 Å². The highest BCUT2D eigenvalue weighted by atomic mass is 79.9. The molecule has 0 radical (unpaired) electrons. The van der Waals surface area contributed by atoms with Gasteiger partial charge in [-0.05, 0) is 39.7 Å². The second-order valence-corrected chi connectivity index (χ2v) is 5.10. The first kappa shape index (κ1) is 16.1. The van der Waals surface area contributed by atoms with Gasteiger partial charge in [0.1, 0.15) is 11.4 Å². The Kier molecular flexibility index (Phi) is 4.28. The normalized spacial score (nSPS) is 11.1. The number of phenolic OH excluding ortho intramolecular Hbond substituents is 1. The van der Waals surface area contributed by atoms with Crippen molar-refractivity contribution >= 4 is 15.9 Å². The van der Waals surface area contributed by atoms with Gasteiger partial charge in [-0.2, -0.15) is 18.4 Å². The first-order valence-corrected chi connectivity index (χ1v) is 6.62. The van der Waals surface area contributed by atoms with Gasteiger partial charge in [0.25, 0.3) is 0 Å². The average Bonchev–Trinajstić information content (AvgIpc) is 2.48. The van der Waals surface area contributed by atoms with Crippen LogP contribution in [0.15, 0.2) is 28.7 Å². The molecule has 2 rings (SSSR count). The Hall–Kier alpha value is -2.27. The van der Waals surface area contributed by atoms with Gasteiger partial charge in [0.05, 0.1) is 23.2 Å². The van der Waals surface area contributed by atoms with Crippen molar-refractivity contribution in [3.05, 3.63) is 40.0 Å². The monoisotopic (exact) mass is 372 g/mol. The Labute approximate surface area is 131 Å². The fraction of sp³-hybridized carbons (Fsp3) is 0.143. The summed E-state index contributed by atoms with van der Waals surface area (Å²) < 4.78 is 43.6. The van der Waals surface area contributed by atoms with Crippen molar-refractivity contribution in [1.29, 1.82) is 5.26 Å². The fourth-order valence-electron chi connectivity index (χ4n) is 1.79. The lowest BCUT2D eigenvalue weighted by Crippen LogP contribution is -2.09. The molecule has 1 aromatic carbocycles. The van der Waals surface area contributed by atoms with E-state index in [9.17, 15) is 18.3 Å². The molecule has 0 amide bonds. The van der Waals surface area contributed by atoms with Gasteiger partial charge in [-0.25, -0.2) is 4.98 Å². The van der Waals surface area contributed by atoms with Gasteiger partial charge in [0, 0.05) is 11.6 Å². The molecule has 0 fully saturated rings. The van der Waals surface area contributed by atoms with Crippen LogP contribution >= 0.6 is 15.9 Å². The zero-order valence-electron chi connectivity index (χ0n) is 11.1. The quantitative estimate of drug-likeness (QED) is 0.860. The third kappa shape index (κ3) is 3.14. The third-order valence-corrected chi connectivity index (χ3v) is 3.41. The number of nitriles is 1. The van der Waals surface area contributed by atoms with E-state index >= 15 is 0 Å². The van der Waals surface area contributed by atoms with Crippen LogP contribution in [-0.4, -0.2) is 17.2 Å². The first-order valence-electron chi connectivity index (χ1n) is 5.82. The maximum atomic E-state index is 12.9. The Balaban J connectivity index is 2.73. The number of methoxy groups -OCH3 is 1. The summed E-state index contributed by atoms with van der Waals surface area (Å²) in [6, 6.07) is 6.55. The van der Waals surface area contributed by atoms with Crippen LogP contribution in [0.3, 0.4) is 0 Å². The SMILES string of the molecule is COc1cc(-c2cc(C#N)cc(Br)c2O)cc(C(F)(F)F)n1. The minimum Gasteiger partial charge on any atom is -0.506 e. The average molecular weight is 373 g/mol. The summed E-state index contributed by atoms with van der Waals surface area (Å²) in [5, 5.41) is 19.0. The molecule has 114 valence electrons. The smallest absolute Gasteiger partial charge is 0.433 e. The first-order chi connectivity index (χ1) is 10.3. The molecular weight excluding hydrogens is 365 g/mol. The molecule has 0 aliphatic rings. The number of nitrogens with zero attached hydrogens (tertiary/aromatic N) is 2. The predicted octanol–water partition coefficient (Wildman–Crippen LogP) is 4.12. The molecule has 8 heteroatoms. The van der Waals surface area contributed by atoms with E-state index in [0.29, 0.717) is 0 Å². The summed E-state index contributed by atoms with van der Waals surface area (Å²) in [5.41, 5.74) is -0.865. The van der Waals surface area contributed by atoms with Crippen LogP contribution in [0.25, 0.3) is 11.1 Å². The second kappa shape index (κ2) is 5.85. The Bertz CT molecular complexity index is 770. The van der Waals surface area contributed by atoms with Crippen LogP contribution in [0.2, 0.25) is 0 Å². The summed E-state index contributed by atoms with van der Waals surface area (Å²) in [6.07, 6.45) is -4.66. The zero-order valence-corrected chi connectivity index (χ0v) is 12.7. The maximum Gasteiger partial charge on any atom is 0.433 e. The molecule has 0 atom stereocenters. The van der Waals surface area contributed by atoms with Crippen LogP contribution in [0, 0.1) is 11.3 Å². The molecule has 0 spiro atoms. The third-order valence-electron chi connectivity index (χ3n) is 2.80. The highest BCUT2D eigenvalue weighted by Gasteiger charge is 2.33. The van der Waals surface area contributed by atoms with Gasteiger partial charge in [-0.1, -0.05) is 0 Å². The molecule has 4 nitrogen and oxygen atoms in total. The molecule has 0 saturated heterocycles. The number of phenols is 1. The summed E-state index contributed by atoms with van der Waals surface area (Å²) in [6.45, 7) is 0. The van der Waals surface area contributed by atoms with Crippen LogP contribution in [0.1, 0.15) is 11.3 Å². The number of alkyl halides is 3. The maximum absolute atomic E-state index is 12.9. The number of halogens is 4. The number of benzene rings is 1. The van der Waals surface area contributed by atoms with E-state index in [1.807, 2.05) is 6.07 Å².